The third-order valence-electron chi connectivity index (χ3n) is 3.79. The smallest absolute Gasteiger partial charge is 0.251 e. The second-order valence-electron chi connectivity index (χ2n) is 5.45. The highest BCUT2D eigenvalue weighted by atomic mass is 16.2. The zero-order valence-corrected chi connectivity index (χ0v) is 12.9. The van der Waals surface area contributed by atoms with Crippen molar-refractivity contribution in [1.82, 2.24) is 15.3 Å². The summed E-state index contributed by atoms with van der Waals surface area (Å²) in [4.78, 5) is 33.0. The number of nitrogens with one attached hydrogen (secondary N) is 2. The fourth-order valence-electron chi connectivity index (χ4n) is 2.67. The van der Waals surface area contributed by atoms with Gasteiger partial charge in [0.15, 0.2) is 0 Å². The van der Waals surface area contributed by atoms with Crippen LogP contribution in [-0.2, 0) is 11.2 Å². The molecular formula is C17H18N4O2. The number of aromatic nitrogens is 2. The Balaban J connectivity index is 1.80. The van der Waals surface area contributed by atoms with Crippen molar-refractivity contribution in [3.05, 3.63) is 53.5 Å². The van der Waals surface area contributed by atoms with Gasteiger partial charge < -0.3 is 10.6 Å². The predicted molar refractivity (Wildman–Crippen MR) is 86.2 cm³/mol. The average Bonchev–Trinajstić information content (AvgIpc) is 2.56. The third kappa shape index (κ3) is 3.21. The summed E-state index contributed by atoms with van der Waals surface area (Å²) in [6.07, 6.45) is 3.36. The maximum atomic E-state index is 12.6. The number of rotatable bonds is 4. The summed E-state index contributed by atoms with van der Waals surface area (Å²) in [6, 6.07) is 8.85. The van der Waals surface area contributed by atoms with Gasteiger partial charge in [0.2, 0.25) is 5.91 Å². The molecule has 2 aromatic rings. The molecule has 0 radical (unpaired) electrons. The van der Waals surface area contributed by atoms with Crippen LogP contribution in [0.15, 0.2) is 36.5 Å². The first-order valence-electron chi connectivity index (χ1n) is 7.69. The van der Waals surface area contributed by atoms with Gasteiger partial charge in [0, 0.05) is 24.7 Å². The molecule has 0 saturated carbocycles. The average molecular weight is 310 g/mol. The van der Waals surface area contributed by atoms with Gasteiger partial charge in [-0.1, -0.05) is 25.1 Å². The Morgan fingerprint density at radius 1 is 1.35 bits per heavy atom. The highest BCUT2D eigenvalue weighted by Gasteiger charge is 2.30. The second kappa shape index (κ2) is 6.56. The Labute approximate surface area is 134 Å². The number of carbonyl (C=O) groups excluding carboxylic acids is 2. The lowest BCUT2D eigenvalue weighted by molar-refractivity contribution is -0.117. The molecule has 0 aliphatic carbocycles. The summed E-state index contributed by atoms with van der Waals surface area (Å²) in [7, 11) is 0. The molecule has 2 amide bonds. The van der Waals surface area contributed by atoms with Crippen LogP contribution >= 0.6 is 0 Å². The molecule has 6 nitrogen and oxygen atoms in total. The first-order valence-corrected chi connectivity index (χ1v) is 7.69. The van der Waals surface area contributed by atoms with Crippen LogP contribution in [0.2, 0.25) is 0 Å². The van der Waals surface area contributed by atoms with Crippen LogP contribution in [-0.4, -0.2) is 28.3 Å². The summed E-state index contributed by atoms with van der Waals surface area (Å²) < 4.78 is 0. The number of nitrogens with zero attached hydrogens (tertiary/aromatic N) is 2. The van der Waals surface area contributed by atoms with Crippen LogP contribution in [0.25, 0.3) is 0 Å². The first-order chi connectivity index (χ1) is 11.2. The Bertz CT molecular complexity index is 745. The van der Waals surface area contributed by atoms with Gasteiger partial charge in [0.05, 0.1) is 5.92 Å². The minimum absolute atomic E-state index is 0.142. The molecular weight excluding hydrogens is 292 g/mol. The number of benzene rings is 1. The zero-order valence-electron chi connectivity index (χ0n) is 12.9. The van der Waals surface area contributed by atoms with Gasteiger partial charge in [-0.15, -0.1) is 0 Å². The van der Waals surface area contributed by atoms with Gasteiger partial charge in [0.1, 0.15) is 11.6 Å². The summed E-state index contributed by atoms with van der Waals surface area (Å²) in [5, 5.41) is 5.58. The van der Waals surface area contributed by atoms with Gasteiger partial charge in [0.25, 0.3) is 5.91 Å². The van der Waals surface area contributed by atoms with E-state index in [1.165, 1.54) is 0 Å². The number of carbonyl (C=O) groups is 2. The monoisotopic (exact) mass is 310 g/mol. The fourth-order valence-corrected chi connectivity index (χ4v) is 2.67. The van der Waals surface area contributed by atoms with Crippen molar-refractivity contribution in [3.63, 3.8) is 0 Å². The minimum atomic E-state index is -0.423. The lowest BCUT2D eigenvalue weighted by atomic mass is 9.90. The van der Waals surface area contributed by atoms with E-state index in [1.54, 1.807) is 24.4 Å². The number of hydrogen-bond donors (Lipinski definition) is 2. The number of anilines is 1. The van der Waals surface area contributed by atoms with Gasteiger partial charge in [-0.05, 0) is 24.1 Å². The summed E-state index contributed by atoms with van der Waals surface area (Å²) in [5.41, 5.74) is 1.30. The van der Waals surface area contributed by atoms with Crippen LogP contribution in [0.4, 0.5) is 5.82 Å². The summed E-state index contributed by atoms with van der Waals surface area (Å²) in [5.74, 6) is 0.453. The standard InChI is InChI=1S/C17H18N4O2/c1-2-5-14-18-9-8-15(20-14)21-17(23)13-10-19-16(22)12-7-4-3-6-11(12)13/h3-4,6-9,13H,2,5,10H2,1H3,(H,19,22)(H,18,20,21,23). The van der Waals surface area contributed by atoms with Gasteiger partial charge in [-0.2, -0.15) is 0 Å². The van der Waals surface area contributed by atoms with Crippen molar-refractivity contribution in [2.45, 2.75) is 25.7 Å². The Kier molecular flexibility index (Phi) is 4.32. The molecule has 1 atom stereocenters. The van der Waals surface area contributed by atoms with E-state index in [0.29, 0.717) is 17.2 Å². The maximum absolute atomic E-state index is 12.6. The van der Waals surface area contributed by atoms with Crippen LogP contribution in [0.3, 0.4) is 0 Å². The third-order valence-corrected chi connectivity index (χ3v) is 3.79. The number of hydrogen-bond acceptors (Lipinski definition) is 4. The maximum Gasteiger partial charge on any atom is 0.251 e. The van der Waals surface area contributed by atoms with Crippen molar-refractivity contribution in [2.75, 3.05) is 11.9 Å². The van der Waals surface area contributed by atoms with E-state index in [1.807, 2.05) is 12.1 Å². The molecule has 0 fully saturated rings. The number of fused-ring (bicyclic) bond motifs is 1. The van der Waals surface area contributed by atoms with E-state index in [-0.39, 0.29) is 18.4 Å². The van der Waals surface area contributed by atoms with Gasteiger partial charge in [-0.25, -0.2) is 9.97 Å². The topological polar surface area (TPSA) is 84.0 Å². The van der Waals surface area contributed by atoms with Gasteiger partial charge in [-0.3, -0.25) is 9.59 Å². The van der Waals surface area contributed by atoms with Crippen LogP contribution in [0.5, 0.6) is 0 Å². The van der Waals surface area contributed by atoms with E-state index in [9.17, 15) is 9.59 Å². The van der Waals surface area contributed by atoms with Crippen molar-refractivity contribution < 1.29 is 9.59 Å². The Morgan fingerprint density at radius 3 is 3.00 bits per heavy atom. The predicted octanol–water partition coefficient (Wildman–Crippen LogP) is 1.89. The molecule has 0 saturated heterocycles. The molecule has 3 rings (SSSR count). The number of aryl methyl sites for hydroxylation is 1. The Morgan fingerprint density at radius 2 is 2.17 bits per heavy atom. The molecule has 6 heteroatoms. The molecule has 1 unspecified atom stereocenters. The van der Waals surface area contributed by atoms with Crippen molar-refractivity contribution >= 4 is 17.6 Å². The molecule has 2 N–H and O–H groups in total. The van der Waals surface area contributed by atoms with Crippen molar-refractivity contribution in [1.29, 1.82) is 0 Å². The first kappa shape index (κ1) is 15.1. The van der Waals surface area contributed by atoms with E-state index < -0.39 is 5.92 Å². The summed E-state index contributed by atoms with van der Waals surface area (Å²) >= 11 is 0. The van der Waals surface area contributed by atoms with E-state index in [0.717, 1.165) is 18.4 Å². The number of amides is 2. The highest BCUT2D eigenvalue weighted by molar-refractivity contribution is 6.03. The van der Waals surface area contributed by atoms with Gasteiger partial charge >= 0.3 is 0 Å². The molecule has 118 valence electrons. The lowest BCUT2D eigenvalue weighted by Gasteiger charge is -2.24. The lowest BCUT2D eigenvalue weighted by Crippen LogP contribution is -2.40. The molecule has 23 heavy (non-hydrogen) atoms. The quantitative estimate of drug-likeness (QED) is 0.903. The van der Waals surface area contributed by atoms with Crippen molar-refractivity contribution in [3.8, 4) is 0 Å². The molecule has 0 spiro atoms. The van der Waals surface area contributed by atoms with E-state index in [2.05, 4.69) is 27.5 Å². The molecule has 1 aromatic carbocycles. The Hall–Kier alpha value is -2.76. The van der Waals surface area contributed by atoms with E-state index >= 15 is 0 Å². The van der Waals surface area contributed by atoms with Crippen LogP contribution in [0.1, 0.15) is 41.0 Å². The largest absolute Gasteiger partial charge is 0.351 e. The molecule has 0 bridgehead atoms. The molecule has 2 heterocycles. The fraction of sp³-hybridized carbons (Fsp3) is 0.294. The normalized spacial score (nSPS) is 16.4. The minimum Gasteiger partial charge on any atom is -0.351 e. The van der Waals surface area contributed by atoms with E-state index in [4.69, 9.17) is 0 Å². The van der Waals surface area contributed by atoms with Crippen LogP contribution in [0, 0.1) is 0 Å². The van der Waals surface area contributed by atoms with Crippen LogP contribution < -0.4 is 10.6 Å². The second-order valence-corrected chi connectivity index (χ2v) is 5.45. The molecule has 1 aliphatic heterocycles. The SMILES string of the molecule is CCCc1nccc(NC(=O)C2CNC(=O)c3ccccc32)n1. The summed E-state index contributed by atoms with van der Waals surface area (Å²) in [6.45, 7) is 2.34. The zero-order chi connectivity index (χ0) is 16.2. The van der Waals surface area contributed by atoms with Crippen molar-refractivity contribution in [2.24, 2.45) is 0 Å². The highest BCUT2D eigenvalue weighted by Crippen LogP contribution is 2.25. The molecule has 1 aliphatic rings. The molecule has 1 aromatic heterocycles.